The lowest BCUT2D eigenvalue weighted by molar-refractivity contribution is -0.121. The Balaban J connectivity index is 1.33. The molecule has 0 aromatic carbocycles. The van der Waals surface area contributed by atoms with E-state index in [1.807, 2.05) is 0 Å². The lowest BCUT2D eigenvalue weighted by atomic mass is 9.81. The molecule has 0 bridgehead atoms. The van der Waals surface area contributed by atoms with E-state index >= 15 is 0 Å². The second kappa shape index (κ2) is 9.13. The van der Waals surface area contributed by atoms with Crippen LogP contribution in [0.1, 0.15) is 51.4 Å². The molecule has 1 aliphatic carbocycles. The number of nitrogens with zero attached hydrogens (tertiary/aromatic N) is 2. The first-order valence-corrected chi connectivity index (χ1v) is 11.0. The van der Waals surface area contributed by atoms with E-state index in [2.05, 4.69) is 9.80 Å². The van der Waals surface area contributed by atoms with E-state index in [1.54, 1.807) is 0 Å². The van der Waals surface area contributed by atoms with Crippen molar-refractivity contribution < 1.29 is 14.3 Å². The predicted molar refractivity (Wildman–Crippen MR) is 101 cm³/mol. The van der Waals surface area contributed by atoms with Crippen molar-refractivity contribution in [2.75, 3.05) is 52.5 Å². The number of Topliss-reactive ketones (excluding diaryl/α,β-unsaturated/α-hetero) is 1. The summed E-state index contributed by atoms with van der Waals surface area (Å²) in [6, 6.07) is 0.0623. The van der Waals surface area contributed by atoms with Crippen LogP contribution in [-0.2, 0) is 14.3 Å². The molecule has 0 aromatic heterocycles. The summed E-state index contributed by atoms with van der Waals surface area (Å²) < 4.78 is 11.2. The fourth-order valence-electron chi connectivity index (χ4n) is 5.59. The van der Waals surface area contributed by atoms with Gasteiger partial charge in [-0.25, -0.2) is 0 Å². The van der Waals surface area contributed by atoms with E-state index < -0.39 is 0 Å². The number of fused-ring (bicyclic) bond motifs is 1. The van der Waals surface area contributed by atoms with Crippen molar-refractivity contribution >= 4 is 5.78 Å². The van der Waals surface area contributed by atoms with Gasteiger partial charge in [-0.1, -0.05) is 32.1 Å². The van der Waals surface area contributed by atoms with Gasteiger partial charge in [-0.3, -0.25) is 14.6 Å². The van der Waals surface area contributed by atoms with Gasteiger partial charge in [-0.15, -0.1) is 0 Å². The molecule has 148 valence electrons. The Labute approximate surface area is 158 Å². The summed E-state index contributed by atoms with van der Waals surface area (Å²) in [4.78, 5) is 17.3. The standard InChI is InChI=1S/C21H36N2O3/c24-19-16-26-20-7-9-23(21(19)20)15-18(14-17-4-2-1-3-5-17)6-8-22-10-12-25-13-11-22/h17-18,20-21H,1-16H2/t18-,20?,21?/m0/s1. The van der Waals surface area contributed by atoms with Crippen molar-refractivity contribution in [3.05, 3.63) is 0 Å². The van der Waals surface area contributed by atoms with Gasteiger partial charge in [-0.05, 0) is 37.6 Å². The Hall–Kier alpha value is -0.490. The van der Waals surface area contributed by atoms with Crippen LogP contribution in [0.2, 0.25) is 0 Å². The smallest absolute Gasteiger partial charge is 0.178 e. The van der Waals surface area contributed by atoms with Crippen LogP contribution in [-0.4, -0.2) is 80.3 Å². The number of ether oxygens (including phenoxy) is 2. The molecular formula is C21H36N2O3. The maximum absolute atomic E-state index is 12.3. The molecule has 3 saturated heterocycles. The summed E-state index contributed by atoms with van der Waals surface area (Å²) in [6.07, 6.45) is 10.9. The van der Waals surface area contributed by atoms with E-state index in [1.165, 1.54) is 51.5 Å². The highest BCUT2D eigenvalue weighted by Crippen LogP contribution is 2.33. The van der Waals surface area contributed by atoms with Crippen LogP contribution < -0.4 is 0 Å². The van der Waals surface area contributed by atoms with Gasteiger partial charge in [0.25, 0.3) is 0 Å². The van der Waals surface area contributed by atoms with E-state index in [-0.39, 0.29) is 12.1 Å². The molecule has 3 heterocycles. The van der Waals surface area contributed by atoms with E-state index in [4.69, 9.17) is 9.47 Å². The van der Waals surface area contributed by atoms with Gasteiger partial charge < -0.3 is 9.47 Å². The van der Waals surface area contributed by atoms with Crippen molar-refractivity contribution in [1.82, 2.24) is 9.80 Å². The van der Waals surface area contributed by atoms with E-state index in [0.29, 0.717) is 18.3 Å². The van der Waals surface area contributed by atoms with Crippen LogP contribution in [0, 0.1) is 11.8 Å². The lowest BCUT2D eigenvalue weighted by Gasteiger charge is -2.33. The summed E-state index contributed by atoms with van der Waals surface area (Å²) in [7, 11) is 0. The first-order valence-electron chi connectivity index (χ1n) is 11.0. The number of hydrogen-bond donors (Lipinski definition) is 0. The monoisotopic (exact) mass is 364 g/mol. The van der Waals surface area contributed by atoms with Crippen LogP contribution >= 0.6 is 0 Å². The third-order valence-corrected chi connectivity index (χ3v) is 7.06. The Bertz CT molecular complexity index is 460. The number of carbonyl (C=O) groups is 1. The maximum Gasteiger partial charge on any atom is 0.178 e. The highest BCUT2D eigenvalue weighted by Gasteiger charge is 2.45. The number of carbonyl (C=O) groups excluding carboxylic acids is 1. The summed E-state index contributed by atoms with van der Waals surface area (Å²) in [5.41, 5.74) is 0. The van der Waals surface area contributed by atoms with Gasteiger partial charge in [0.1, 0.15) is 6.61 Å². The number of morpholine rings is 1. The molecule has 0 N–H and O–H groups in total. The lowest BCUT2D eigenvalue weighted by Crippen LogP contribution is -2.42. The summed E-state index contributed by atoms with van der Waals surface area (Å²) in [5.74, 6) is 1.94. The third kappa shape index (κ3) is 4.67. The van der Waals surface area contributed by atoms with Crippen molar-refractivity contribution in [3.8, 4) is 0 Å². The Morgan fingerprint density at radius 3 is 2.65 bits per heavy atom. The van der Waals surface area contributed by atoms with Gasteiger partial charge in [0, 0.05) is 26.2 Å². The van der Waals surface area contributed by atoms with Crippen molar-refractivity contribution in [2.24, 2.45) is 11.8 Å². The topological polar surface area (TPSA) is 42.0 Å². The molecule has 0 amide bonds. The minimum Gasteiger partial charge on any atom is -0.379 e. The van der Waals surface area contributed by atoms with Gasteiger partial charge >= 0.3 is 0 Å². The number of rotatable bonds is 7. The minimum atomic E-state index is 0.0623. The SMILES string of the molecule is O=C1COC2CCN(C[C@@H](CCN3CCOCC3)CC3CCCCC3)C12. The zero-order valence-corrected chi connectivity index (χ0v) is 16.2. The molecule has 5 nitrogen and oxygen atoms in total. The molecular weight excluding hydrogens is 328 g/mol. The summed E-state index contributed by atoms with van der Waals surface area (Å²) in [6.45, 7) is 7.59. The molecule has 4 aliphatic rings. The normalized spacial score (nSPS) is 32.8. The number of hydrogen-bond acceptors (Lipinski definition) is 5. The zero-order chi connectivity index (χ0) is 17.8. The third-order valence-electron chi connectivity index (χ3n) is 7.06. The Morgan fingerprint density at radius 2 is 1.85 bits per heavy atom. The first kappa shape index (κ1) is 18.9. The molecule has 1 saturated carbocycles. The molecule has 0 spiro atoms. The average molecular weight is 365 g/mol. The molecule has 3 aliphatic heterocycles. The quantitative estimate of drug-likeness (QED) is 0.694. The largest absolute Gasteiger partial charge is 0.379 e. The van der Waals surface area contributed by atoms with Crippen LogP contribution in [0.5, 0.6) is 0 Å². The van der Waals surface area contributed by atoms with Crippen molar-refractivity contribution in [2.45, 2.75) is 63.5 Å². The van der Waals surface area contributed by atoms with Gasteiger partial charge in [-0.2, -0.15) is 0 Å². The van der Waals surface area contributed by atoms with E-state index in [9.17, 15) is 4.79 Å². The van der Waals surface area contributed by atoms with Gasteiger partial charge in [0.2, 0.25) is 0 Å². The maximum atomic E-state index is 12.3. The van der Waals surface area contributed by atoms with Crippen molar-refractivity contribution in [1.29, 1.82) is 0 Å². The Morgan fingerprint density at radius 1 is 1.04 bits per heavy atom. The average Bonchev–Trinajstić information content (AvgIpc) is 3.25. The fourth-order valence-corrected chi connectivity index (χ4v) is 5.59. The molecule has 26 heavy (non-hydrogen) atoms. The highest BCUT2D eigenvalue weighted by atomic mass is 16.5. The molecule has 0 radical (unpaired) electrons. The molecule has 0 aromatic rings. The molecule has 3 atom stereocenters. The van der Waals surface area contributed by atoms with Crippen molar-refractivity contribution in [3.63, 3.8) is 0 Å². The fraction of sp³-hybridized carbons (Fsp3) is 0.952. The first-order chi connectivity index (χ1) is 12.8. The van der Waals surface area contributed by atoms with Gasteiger partial charge in [0.15, 0.2) is 5.78 Å². The van der Waals surface area contributed by atoms with E-state index in [0.717, 1.165) is 51.7 Å². The second-order valence-corrected chi connectivity index (χ2v) is 8.89. The molecule has 2 unspecified atom stereocenters. The van der Waals surface area contributed by atoms with Gasteiger partial charge in [0.05, 0.1) is 25.4 Å². The van der Waals surface area contributed by atoms with Crippen LogP contribution in [0.3, 0.4) is 0 Å². The molecule has 4 fully saturated rings. The minimum absolute atomic E-state index is 0.0623. The molecule has 5 heteroatoms. The number of likely N-dealkylation sites (tertiary alicyclic amines) is 1. The highest BCUT2D eigenvalue weighted by molar-refractivity contribution is 5.88. The summed E-state index contributed by atoms with van der Waals surface area (Å²) in [5, 5.41) is 0. The van der Waals surface area contributed by atoms with Crippen LogP contribution in [0.15, 0.2) is 0 Å². The van der Waals surface area contributed by atoms with Crippen LogP contribution in [0.4, 0.5) is 0 Å². The second-order valence-electron chi connectivity index (χ2n) is 8.89. The summed E-state index contributed by atoms with van der Waals surface area (Å²) >= 11 is 0. The number of ketones is 1. The Kier molecular flexibility index (Phi) is 6.62. The zero-order valence-electron chi connectivity index (χ0n) is 16.2. The van der Waals surface area contributed by atoms with Crippen LogP contribution in [0.25, 0.3) is 0 Å². The predicted octanol–water partition coefficient (Wildman–Crippen LogP) is 2.34. The molecule has 4 rings (SSSR count).